The predicted molar refractivity (Wildman–Crippen MR) is 225 cm³/mol. The monoisotopic (exact) mass is 703 g/mol. The molecule has 0 amide bonds. The van der Waals surface area contributed by atoms with E-state index in [9.17, 15) is 0 Å². The van der Waals surface area contributed by atoms with Gasteiger partial charge in [0.1, 0.15) is 11.2 Å². The molecule has 8 aromatic carbocycles. The highest BCUT2D eigenvalue weighted by atomic mass is 16.3. The van der Waals surface area contributed by atoms with E-state index >= 15 is 0 Å². The molecule has 4 nitrogen and oxygen atoms in total. The lowest BCUT2D eigenvalue weighted by Crippen LogP contribution is -2.00. The number of rotatable bonds is 7. The van der Waals surface area contributed by atoms with Gasteiger partial charge < -0.3 is 4.42 Å². The fourth-order valence-corrected chi connectivity index (χ4v) is 7.35. The molecule has 4 heteroatoms. The van der Waals surface area contributed by atoms with Crippen molar-refractivity contribution in [2.24, 2.45) is 0 Å². The van der Waals surface area contributed by atoms with Gasteiger partial charge in [0.15, 0.2) is 17.5 Å². The van der Waals surface area contributed by atoms with Gasteiger partial charge in [-0.05, 0) is 68.8 Å². The van der Waals surface area contributed by atoms with Crippen molar-refractivity contribution >= 4 is 21.9 Å². The molecule has 0 saturated carbocycles. The van der Waals surface area contributed by atoms with Gasteiger partial charge in [-0.2, -0.15) is 0 Å². The average Bonchev–Trinajstić information content (AvgIpc) is 3.66. The Morgan fingerprint density at radius 3 is 1.29 bits per heavy atom. The molecule has 0 aliphatic carbocycles. The standard InChI is InChI=1S/C51H33N3O/c1-4-12-34(13-5-1)36-22-24-37(25-23-36)38-26-28-39(29-27-38)44-20-11-21-46-48(44)45-31-30-43(33-47(45)55-46)51-53-49(40-16-8-3-9-17-40)52-50(54-51)42-19-10-18-41(32-42)35-14-6-2-7-15-35/h1-33H. The maximum atomic E-state index is 6.54. The van der Waals surface area contributed by atoms with E-state index in [2.05, 4.69) is 152 Å². The second kappa shape index (κ2) is 13.8. The summed E-state index contributed by atoms with van der Waals surface area (Å²) in [5.74, 6) is 1.82. The normalized spacial score (nSPS) is 11.3. The number of fused-ring (bicyclic) bond motifs is 3. The van der Waals surface area contributed by atoms with Crippen LogP contribution in [-0.2, 0) is 0 Å². The molecule has 0 atom stereocenters. The van der Waals surface area contributed by atoms with Crippen LogP contribution in [0.1, 0.15) is 0 Å². The van der Waals surface area contributed by atoms with Crippen LogP contribution in [0, 0.1) is 0 Å². The minimum atomic E-state index is 0.587. The number of hydrogen-bond acceptors (Lipinski definition) is 4. The molecular weight excluding hydrogens is 671 g/mol. The molecule has 2 aromatic heterocycles. The molecule has 258 valence electrons. The van der Waals surface area contributed by atoms with Crippen LogP contribution < -0.4 is 0 Å². The zero-order chi connectivity index (χ0) is 36.6. The van der Waals surface area contributed by atoms with E-state index in [0.717, 1.165) is 60.9 Å². The summed E-state index contributed by atoms with van der Waals surface area (Å²) >= 11 is 0. The highest BCUT2D eigenvalue weighted by molar-refractivity contribution is 6.13. The largest absolute Gasteiger partial charge is 0.456 e. The molecule has 0 fully saturated rings. The highest BCUT2D eigenvalue weighted by Crippen LogP contribution is 2.39. The topological polar surface area (TPSA) is 51.8 Å². The Hall–Kier alpha value is -7.43. The van der Waals surface area contributed by atoms with E-state index in [1.807, 2.05) is 48.5 Å². The molecule has 0 saturated heterocycles. The molecule has 0 aliphatic heterocycles. The third-order valence-electron chi connectivity index (χ3n) is 10.2. The molecule has 0 aliphatic rings. The molecule has 0 bridgehead atoms. The molecular formula is C51H33N3O. The first-order valence-corrected chi connectivity index (χ1v) is 18.4. The minimum absolute atomic E-state index is 0.587. The first-order valence-electron chi connectivity index (χ1n) is 18.4. The van der Waals surface area contributed by atoms with Crippen LogP contribution in [0.3, 0.4) is 0 Å². The summed E-state index contributed by atoms with van der Waals surface area (Å²) in [5.41, 5.74) is 13.6. The maximum absolute atomic E-state index is 6.54. The Kier molecular flexibility index (Phi) is 8.12. The number of benzene rings is 8. The molecule has 0 N–H and O–H groups in total. The second-order valence-electron chi connectivity index (χ2n) is 13.6. The van der Waals surface area contributed by atoms with Crippen LogP contribution >= 0.6 is 0 Å². The zero-order valence-corrected chi connectivity index (χ0v) is 29.8. The van der Waals surface area contributed by atoms with Crippen LogP contribution in [-0.4, -0.2) is 15.0 Å². The van der Waals surface area contributed by atoms with Crippen molar-refractivity contribution < 1.29 is 4.42 Å². The van der Waals surface area contributed by atoms with E-state index < -0.39 is 0 Å². The molecule has 0 radical (unpaired) electrons. The van der Waals surface area contributed by atoms with E-state index in [0.29, 0.717) is 17.5 Å². The summed E-state index contributed by atoms with van der Waals surface area (Å²) in [7, 11) is 0. The summed E-state index contributed by atoms with van der Waals surface area (Å²) in [6.07, 6.45) is 0. The fourth-order valence-electron chi connectivity index (χ4n) is 7.35. The molecule has 10 aromatic rings. The van der Waals surface area contributed by atoms with Crippen molar-refractivity contribution in [1.82, 2.24) is 15.0 Å². The summed E-state index contributed by atoms with van der Waals surface area (Å²) < 4.78 is 6.54. The average molecular weight is 704 g/mol. The van der Waals surface area contributed by atoms with Gasteiger partial charge in [0.05, 0.1) is 0 Å². The van der Waals surface area contributed by atoms with E-state index in [4.69, 9.17) is 19.4 Å². The minimum Gasteiger partial charge on any atom is -0.456 e. The molecule has 10 rings (SSSR count). The van der Waals surface area contributed by atoms with Crippen LogP contribution in [0.25, 0.3) is 101 Å². The van der Waals surface area contributed by atoms with Crippen molar-refractivity contribution in [1.29, 1.82) is 0 Å². The van der Waals surface area contributed by atoms with Gasteiger partial charge in [-0.1, -0.05) is 176 Å². The van der Waals surface area contributed by atoms with Crippen molar-refractivity contribution in [2.75, 3.05) is 0 Å². The first kappa shape index (κ1) is 32.2. The smallest absolute Gasteiger partial charge is 0.164 e. The van der Waals surface area contributed by atoms with Crippen LogP contribution in [0.15, 0.2) is 205 Å². The molecule has 55 heavy (non-hydrogen) atoms. The summed E-state index contributed by atoms with van der Waals surface area (Å²) in [6, 6.07) is 69.4. The molecule has 0 spiro atoms. The van der Waals surface area contributed by atoms with Crippen molar-refractivity contribution in [3.05, 3.63) is 200 Å². The Bertz CT molecular complexity index is 2940. The number of aromatic nitrogens is 3. The van der Waals surface area contributed by atoms with Crippen molar-refractivity contribution in [3.8, 4) is 78.7 Å². The number of furan rings is 1. The highest BCUT2D eigenvalue weighted by Gasteiger charge is 2.17. The maximum Gasteiger partial charge on any atom is 0.164 e. The Morgan fingerprint density at radius 2 is 0.691 bits per heavy atom. The molecule has 0 unspecified atom stereocenters. The number of nitrogens with zero attached hydrogens (tertiary/aromatic N) is 3. The summed E-state index contributed by atoms with van der Waals surface area (Å²) in [6.45, 7) is 0. The van der Waals surface area contributed by atoms with Crippen molar-refractivity contribution in [2.45, 2.75) is 0 Å². The zero-order valence-electron chi connectivity index (χ0n) is 29.8. The van der Waals surface area contributed by atoms with Gasteiger partial charge >= 0.3 is 0 Å². The quantitative estimate of drug-likeness (QED) is 0.166. The third-order valence-corrected chi connectivity index (χ3v) is 10.2. The Morgan fingerprint density at radius 1 is 0.273 bits per heavy atom. The van der Waals surface area contributed by atoms with Crippen LogP contribution in [0.5, 0.6) is 0 Å². The summed E-state index contributed by atoms with van der Waals surface area (Å²) in [5, 5.41) is 2.13. The Labute approximate surface area is 319 Å². The lowest BCUT2D eigenvalue weighted by atomic mass is 9.96. The van der Waals surface area contributed by atoms with Gasteiger partial charge in [-0.3, -0.25) is 0 Å². The SMILES string of the molecule is c1ccc(-c2ccc(-c3ccc(-c4cccc5oc6cc(-c7nc(-c8ccccc8)nc(-c8cccc(-c9ccccc9)c8)n7)ccc6c45)cc3)cc2)cc1. The number of hydrogen-bond donors (Lipinski definition) is 0. The van der Waals surface area contributed by atoms with E-state index in [1.54, 1.807) is 0 Å². The second-order valence-corrected chi connectivity index (χ2v) is 13.6. The van der Waals surface area contributed by atoms with Gasteiger partial charge in [0, 0.05) is 27.5 Å². The van der Waals surface area contributed by atoms with Crippen LogP contribution in [0.2, 0.25) is 0 Å². The molecule has 2 heterocycles. The third kappa shape index (κ3) is 6.26. The van der Waals surface area contributed by atoms with Gasteiger partial charge in [-0.25, -0.2) is 15.0 Å². The van der Waals surface area contributed by atoms with Crippen molar-refractivity contribution in [3.63, 3.8) is 0 Å². The van der Waals surface area contributed by atoms with E-state index in [1.165, 1.54) is 22.3 Å². The lowest BCUT2D eigenvalue weighted by Gasteiger charge is -2.10. The lowest BCUT2D eigenvalue weighted by molar-refractivity contribution is 0.669. The summed E-state index contributed by atoms with van der Waals surface area (Å²) in [4.78, 5) is 15.0. The Balaban J connectivity index is 1.01. The van der Waals surface area contributed by atoms with Crippen LogP contribution in [0.4, 0.5) is 0 Å². The van der Waals surface area contributed by atoms with E-state index in [-0.39, 0.29) is 0 Å². The van der Waals surface area contributed by atoms with Gasteiger partial charge in [0.25, 0.3) is 0 Å². The fraction of sp³-hybridized carbons (Fsp3) is 0. The predicted octanol–water partition coefficient (Wildman–Crippen LogP) is 13.4. The first-order chi connectivity index (χ1) is 27.2. The van der Waals surface area contributed by atoms with Gasteiger partial charge in [0.2, 0.25) is 0 Å². The van der Waals surface area contributed by atoms with Gasteiger partial charge in [-0.15, -0.1) is 0 Å².